The van der Waals surface area contributed by atoms with Crippen LogP contribution in [-0.2, 0) is 11.2 Å². The number of nitrogens with zero attached hydrogens (tertiary/aromatic N) is 2. The van der Waals surface area contributed by atoms with Crippen LogP contribution in [-0.4, -0.2) is 24.4 Å². The number of para-hydroxylation sites is 1. The molecule has 4 heteroatoms. The van der Waals surface area contributed by atoms with E-state index in [1.807, 2.05) is 6.07 Å². The van der Waals surface area contributed by atoms with Gasteiger partial charge < -0.3 is 5.32 Å². The maximum absolute atomic E-state index is 12.2. The zero-order chi connectivity index (χ0) is 16.9. The first-order chi connectivity index (χ1) is 11.7. The molecule has 1 N–H and O–H groups in total. The van der Waals surface area contributed by atoms with Crippen molar-refractivity contribution in [2.75, 3.05) is 18.9 Å². The molecule has 0 spiro atoms. The molecule has 0 aromatic heterocycles. The normalized spacial score (nSPS) is 15.8. The first-order valence-electron chi connectivity index (χ1n) is 8.26. The van der Waals surface area contributed by atoms with Crippen molar-refractivity contribution in [2.45, 2.75) is 25.3 Å². The largest absolute Gasteiger partial charge is 0.325 e. The van der Waals surface area contributed by atoms with Crippen molar-refractivity contribution in [1.82, 2.24) is 4.90 Å². The smallest absolute Gasteiger partial charge is 0.225 e. The van der Waals surface area contributed by atoms with Crippen molar-refractivity contribution in [3.05, 3.63) is 65.2 Å². The molecule has 1 atom stereocenters. The molecule has 2 aromatic rings. The Morgan fingerprint density at radius 3 is 2.83 bits per heavy atom. The highest BCUT2D eigenvalue weighted by molar-refractivity contribution is 5.92. The Hall–Kier alpha value is -2.64. The zero-order valence-electron chi connectivity index (χ0n) is 13.8. The highest BCUT2D eigenvalue weighted by atomic mass is 16.1. The van der Waals surface area contributed by atoms with Gasteiger partial charge in [-0.05, 0) is 43.1 Å². The second kappa shape index (κ2) is 7.29. The summed E-state index contributed by atoms with van der Waals surface area (Å²) in [5.74, 6) is -0.0594. The molecule has 0 radical (unpaired) electrons. The van der Waals surface area contributed by atoms with E-state index in [9.17, 15) is 4.79 Å². The lowest BCUT2D eigenvalue weighted by atomic mass is 10.1. The summed E-state index contributed by atoms with van der Waals surface area (Å²) >= 11 is 0. The number of nitriles is 1. The zero-order valence-corrected chi connectivity index (χ0v) is 13.8. The van der Waals surface area contributed by atoms with Gasteiger partial charge in [0.15, 0.2) is 0 Å². The molecule has 3 rings (SSSR count). The van der Waals surface area contributed by atoms with Gasteiger partial charge in [-0.15, -0.1) is 0 Å². The van der Waals surface area contributed by atoms with Crippen LogP contribution in [0.15, 0.2) is 48.5 Å². The Morgan fingerprint density at radius 2 is 2.00 bits per heavy atom. The highest BCUT2D eigenvalue weighted by Gasteiger charge is 2.25. The minimum atomic E-state index is -0.0594. The number of benzene rings is 2. The topological polar surface area (TPSA) is 56.1 Å². The molecule has 1 amide bonds. The van der Waals surface area contributed by atoms with Crippen LogP contribution in [0.3, 0.4) is 0 Å². The first-order valence-corrected chi connectivity index (χ1v) is 8.26. The van der Waals surface area contributed by atoms with Gasteiger partial charge in [0.25, 0.3) is 0 Å². The van der Waals surface area contributed by atoms with Gasteiger partial charge in [-0.1, -0.05) is 36.4 Å². The number of amides is 1. The molecule has 0 heterocycles. The Balaban J connectivity index is 1.56. The number of rotatable bonds is 5. The highest BCUT2D eigenvalue weighted by Crippen LogP contribution is 2.34. The third-order valence-corrected chi connectivity index (χ3v) is 4.65. The summed E-state index contributed by atoms with van der Waals surface area (Å²) in [7, 11) is 2.07. The number of hydrogen-bond acceptors (Lipinski definition) is 3. The van der Waals surface area contributed by atoms with E-state index in [0.717, 1.165) is 12.8 Å². The van der Waals surface area contributed by atoms with Gasteiger partial charge in [0.1, 0.15) is 6.07 Å². The van der Waals surface area contributed by atoms with Crippen LogP contribution in [0.25, 0.3) is 0 Å². The summed E-state index contributed by atoms with van der Waals surface area (Å²) in [6.45, 7) is 0.694. The van der Waals surface area contributed by atoms with E-state index in [1.165, 1.54) is 11.1 Å². The fourth-order valence-corrected chi connectivity index (χ4v) is 3.33. The number of fused-ring (bicyclic) bond motifs is 1. The molecule has 122 valence electrons. The third-order valence-electron chi connectivity index (χ3n) is 4.65. The van der Waals surface area contributed by atoms with Crippen molar-refractivity contribution in [3.8, 4) is 6.07 Å². The van der Waals surface area contributed by atoms with E-state index in [-0.39, 0.29) is 5.91 Å². The quantitative estimate of drug-likeness (QED) is 0.917. The molecular formula is C20H21N3O. The number of anilines is 1. The number of aryl methyl sites for hydroxylation is 1. The lowest BCUT2D eigenvalue weighted by molar-refractivity contribution is -0.116. The number of nitrogens with one attached hydrogen (secondary N) is 1. The Kier molecular flexibility index (Phi) is 4.93. The average Bonchev–Trinajstić information content (AvgIpc) is 3.04. The van der Waals surface area contributed by atoms with Crippen molar-refractivity contribution in [1.29, 1.82) is 5.26 Å². The SMILES string of the molecule is CN(CCC(=O)Nc1ccccc1C#N)[C@@H]1CCc2ccccc21. The second-order valence-corrected chi connectivity index (χ2v) is 6.19. The van der Waals surface area contributed by atoms with E-state index < -0.39 is 0 Å². The van der Waals surface area contributed by atoms with E-state index in [1.54, 1.807) is 18.2 Å². The van der Waals surface area contributed by atoms with Crippen LogP contribution in [0.4, 0.5) is 5.69 Å². The summed E-state index contributed by atoms with van der Waals surface area (Å²) < 4.78 is 0. The van der Waals surface area contributed by atoms with Gasteiger partial charge >= 0.3 is 0 Å². The molecule has 24 heavy (non-hydrogen) atoms. The molecule has 4 nitrogen and oxygen atoms in total. The van der Waals surface area contributed by atoms with Crippen LogP contribution in [0.2, 0.25) is 0 Å². The van der Waals surface area contributed by atoms with Crippen molar-refractivity contribution >= 4 is 11.6 Å². The summed E-state index contributed by atoms with van der Waals surface area (Å²) in [5, 5.41) is 11.9. The maximum atomic E-state index is 12.2. The summed E-state index contributed by atoms with van der Waals surface area (Å²) in [6.07, 6.45) is 2.62. The molecule has 0 aliphatic heterocycles. The molecule has 1 aliphatic carbocycles. The third kappa shape index (κ3) is 3.47. The van der Waals surface area contributed by atoms with Gasteiger partial charge in [-0.3, -0.25) is 9.69 Å². The first kappa shape index (κ1) is 16.2. The maximum Gasteiger partial charge on any atom is 0.225 e. The standard InChI is InChI=1S/C20H21N3O/c1-23(19-11-10-15-6-2-4-8-17(15)19)13-12-20(24)22-18-9-5-3-7-16(18)14-21/h2-9,19H,10-13H2,1H3,(H,22,24)/t19-/m1/s1. The van der Waals surface area contributed by atoms with Crippen LogP contribution in [0.1, 0.15) is 35.6 Å². The van der Waals surface area contributed by atoms with Gasteiger partial charge in [-0.25, -0.2) is 0 Å². The molecule has 2 aromatic carbocycles. The average molecular weight is 319 g/mol. The van der Waals surface area contributed by atoms with E-state index in [0.29, 0.717) is 30.3 Å². The number of hydrogen-bond donors (Lipinski definition) is 1. The minimum Gasteiger partial charge on any atom is -0.325 e. The molecule has 0 unspecified atom stereocenters. The molecule has 0 fully saturated rings. The summed E-state index contributed by atoms with van der Waals surface area (Å²) in [5.41, 5.74) is 3.87. The lowest BCUT2D eigenvalue weighted by Gasteiger charge is -2.25. The van der Waals surface area contributed by atoms with Crippen molar-refractivity contribution in [2.24, 2.45) is 0 Å². The lowest BCUT2D eigenvalue weighted by Crippen LogP contribution is -2.27. The molecule has 0 bridgehead atoms. The Morgan fingerprint density at radius 1 is 1.25 bits per heavy atom. The number of carbonyl (C=O) groups excluding carboxylic acids is 1. The minimum absolute atomic E-state index is 0.0594. The monoisotopic (exact) mass is 319 g/mol. The van der Waals surface area contributed by atoms with E-state index >= 15 is 0 Å². The molecule has 0 saturated carbocycles. The Labute approximate surface area is 142 Å². The summed E-state index contributed by atoms with van der Waals surface area (Å²) in [6, 6.07) is 18.1. The van der Waals surface area contributed by atoms with E-state index in [2.05, 4.69) is 47.6 Å². The van der Waals surface area contributed by atoms with Gasteiger partial charge in [0, 0.05) is 19.0 Å². The fraction of sp³-hybridized carbons (Fsp3) is 0.300. The van der Waals surface area contributed by atoms with Gasteiger partial charge in [0.2, 0.25) is 5.91 Å². The summed E-state index contributed by atoms with van der Waals surface area (Å²) in [4.78, 5) is 14.4. The Bertz CT molecular complexity index is 778. The van der Waals surface area contributed by atoms with Crippen LogP contribution in [0, 0.1) is 11.3 Å². The number of carbonyl (C=O) groups is 1. The van der Waals surface area contributed by atoms with Crippen LogP contribution >= 0.6 is 0 Å². The molecule has 1 aliphatic rings. The molecular weight excluding hydrogens is 298 g/mol. The van der Waals surface area contributed by atoms with Crippen LogP contribution < -0.4 is 5.32 Å². The predicted octanol–water partition coefficient (Wildman–Crippen LogP) is 3.51. The second-order valence-electron chi connectivity index (χ2n) is 6.19. The predicted molar refractivity (Wildman–Crippen MR) is 94.5 cm³/mol. The molecule has 0 saturated heterocycles. The van der Waals surface area contributed by atoms with E-state index in [4.69, 9.17) is 5.26 Å². The van der Waals surface area contributed by atoms with Crippen LogP contribution in [0.5, 0.6) is 0 Å². The van der Waals surface area contributed by atoms with Gasteiger partial charge in [-0.2, -0.15) is 5.26 Å². The van der Waals surface area contributed by atoms with Crippen molar-refractivity contribution in [3.63, 3.8) is 0 Å². The fourth-order valence-electron chi connectivity index (χ4n) is 3.33. The van der Waals surface area contributed by atoms with Gasteiger partial charge in [0.05, 0.1) is 11.3 Å². The van der Waals surface area contributed by atoms with Crippen molar-refractivity contribution < 1.29 is 4.79 Å².